The number of hydrogen-bond acceptors (Lipinski definition) is 5. The van der Waals surface area contributed by atoms with E-state index in [0.717, 1.165) is 11.1 Å². The lowest BCUT2D eigenvalue weighted by Gasteiger charge is -2.20. The van der Waals surface area contributed by atoms with Gasteiger partial charge >= 0.3 is 17.6 Å². The second-order valence-electron chi connectivity index (χ2n) is 7.77. The van der Waals surface area contributed by atoms with Gasteiger partial charge in [-0.15, -0.1) is 0 Å². The minimum absolute atomic E-state index is 0.0482. The summed E-state index contributed by atoms with van der Waals surface area (Å²) in [6.45, 7) is 5.35. The molecule has 1 aromatic heterocycles. The van der Waals surface area contributed by atoms with Gasteiger partial charge in [0, 0.05) is 5.56 Å². The summed E-state index contributed by atoms with van der Waals surface area (Å²) in [6.07, 6.45) is -0.0482. The first kappa shape index (κ1) is 21.0. The largest absolute Gasteiger partial charge is 0.475 e. The van der Waals surface area contributed by atoms with Crippen molar-refractivity contribution >= 4 is 11.9 Å². The fraction of sp³-hybridized carbons (Fsp3) is 0.208. The molecule has 0 fully saturated rings. The van der Waals surface area contributed by atoms with Crippen LogP contribution in [0.4, 0.5) is 0 Å². The summed E-state index contributed by atoms with van der Waals surface area (Å²) in [5.74, 6) is -2.21. The molecule has 0 spiro atoms. The van der Waals surface area contributed by atoms with E-state index < -0.39 is 28.9 Å². The molecule has 0 atom stereocenters. The van der Waals surface area contributed by atoms with Crippen molar-refractivity contribution in [3.05, 3.63) is 82.4 Å². The number of rotatable bonds is 5. The van der Waals surface area contributed by atoms with Gasteiger partial charge in [-0.3, -0.25) is 4.79 Å². The molecule has 30 heavy (non-hydrogen) atoms. The van der Waals surface area contributed by atoms with E-state index in [1.807, 2.05) is 36.4 Å². The smallest absolute Gasteiger partial charge is 0.371 e. The summed E-state index contributed by atoms with van der Waals surface area (Å²) in [4.78, 5) is 36.3. The molecule has 6 nitrogen and oxygen atoms in total. The Morgan fingerprint density at radius 2 is 1.63 bits per heavy atom. The van der Waals surface area contributed by atoms with Gasteiger partial charge in [0.05, 0.1) is 12.0 Å². The first-order chi connectivity index (χ1) is 14.2. The van der Waals surface area contributed by atoms with Crippen molar-refractivity contribution < 1.29 is 23.8 Å². The number of ether oxygens (including phenoxy) is 1. The minimum Gasteiger partial charge on any atom is -0.475 e. The predicted octanol–water partition coefficient (Wildman–Crippen LogP) is 4.56. The van der Waals surface area contributed by atoms with Crippen molar-refractivity contribution in [1.29, 1.82) is 0 Å². The highest BCUT2D eigenvalue weighted by Crippen LogP contribution is 2.34. The van der Waals surface area contributed by atoms with Crippen LogP contribution in [0.15, 0.2) is 69.9 Å². The molecule has 154 valence electrons. The zero-order valence-electron chi connectivity index (χ0n) is 17.0. The zero-order chi connectivity index (χ0) is 21.9. The average molecular weight is 406 g/mol. The van der Waals surface area contributed by atoms with Crippen molar-refractivity contribution in [2.24, 2.45) is 0 Å². The molecular formula is C24H22O6. The van der Waals surface area contributed by atoms with Gasteiger partial charge in [0.25, 0.3) is 0 Å². The molecule has 0 amide bonds. The molecule has 0 aliphatic heterocycles. The Balaban J connectivity index is 2.19. The molecule has 0 radical (unpaired) electrons. The van der Waals surface area contributed by atoms with Crippen molar-refractivity contribution in [1.82, 2.24) is 0 Å². The van der Waals surface area contributed by atoms with Crippen molar-refractivity contribution in [3.63, 3.8) is 0 Å². The quantitative estimate of drug-likeness (QED) is 0.625. The Morgan fingerprint density at radius 1 is 0.933 bits per heavy atom. The maximum Gasteiger partial charge on any atom is 0.371 e. The fourth-order valence-electron chi connectivity index (χ4n) is 3.17. The van der Waals surface area contributed by atoms with E-state index in [2.05, 4.69) is 0 Å². The van der Waals surface area contributed by atoms with Crippen LogP contribution in [0, 0.1) is 0 Å². The van der Waals surface area contributed by atoms with Gasteiger partial charge in [-0.2, -0.15) is 0 Å². The second kappa shape index (κ2) is 8.37. The van der Waals surface area contributed by atoms with Gasteiger partial charge in [-0.05, 0) is 49.6 Å². The Bertz CT molecular complexity index is 1140. The molecule has 1 N–H and O–H groups in total. The van der Waals surface area contributed by atoms with Crippen LogP contribution < -0.4 is 5.63 Å². The van der Waals surface area contributed by atoms with Crippen LogP contribution in [0.5, 0.6) is 0 Å². The third-order valence-corrected chi connectivity index (χ3v) is 4.29. The Hall–Kier alpha value is -3.67. The van der Waals surface area contributed by atoms with Crippen LogP contribution in [0.1, 0.15) is 36.9 Å². The number of benzene rings is 2. The third kappa shape index (κ3) is 4.84. The van der Waals surface area contributed by atoms with E-state index in [9.17, 15) is 14.4 Å². The third-order valence-electron chi connectivity index (χ3n) is 4.29. The molecule has 0 aliphatic carbocycles. The molecule has 1 heterocycles. The van der Waals surface area contributed by atoms with Gasteiger partial charge in [0.15, 0.2) is 0 Å². The first-order valence-corrected chi connectivity index (χ1v) is 9.42. The highest BCUT2D eigenvalue weighted by Gasteiger charge is 2.22. The van der Waals surface area contributed by atoms with Crippen molar-refractivity contribution in [3.8, 4) is 22.3 Å². The number of aromatic carboxylic acids is 1. The van der Waals surface area contributed by atoms with E-state index in [1.165, 1.54) is 12.1 Å². The van der Waals surface area contributed by atoms with Gasteiger partial charge in [0.2, 0.25) is 5.76 Å². The molecule has 0 saturated carbocycles. The summed E-state index contributed by atoms with van der Waals surface area (Å²) in [5, 5.41) is 9.09. The molecular weight excluding hydrogens is 384 g/mol. The van der Waals surface area contributed by atoms with Crippen LogP contribution in [-0.4, -0.2) is 22.6 Å². The van der Waals surface area contributed by atoms with Crippen LogP contribution >= 0.6 is 0 Å². The van der Waals surface area contributed by atoms with Crippen LogP contribution in [0.25, 0.3) is 22.3 Å². The standard InChI is InChI=1S/C24H22O6/c1-24(2,3)30-20(25)14-16-10-7-11-17(15-8-5-4-6-9-15)21(16)18-12-13-19(22(26)27)29-23(18)28/h4-13H,14H2,1-3H3,(H,26,27). The van der Waals surface area contributed by atoms with Crippen molar-refractivity contribution in [2.45, 2.75) is 32.8 Å². The van der Waals surface area contributed by atoms with E-state index in [0.29, 0.717) is 11.1 Å². The number of hydrogen-bond donors (Lipinski definition) is 1. The van der Waals surface area contributed by atoms with Gasteiger partial charge in [-0.1, -0.05) is 48.5 Å². The summed E-state index contributed by atoms with van der Waals surface area (Å²) in [7, 11) is 0. The van der Waals surface area contributed by atoms with Gasteiger partial charge in [-0.25, -0.2) is 9.59 Å². The predicted molar refractivity (Wildman–Crippen MR) is 112 cm³/mol. The molecule has 0 saturated heterocycles. The molecule has 0 unspecified atom stereocenters. The zero-order valence-corrected chi connectivity index (χ0v) is 17.0. The first-order valence-electron chi connectivity index (χ1n) is 9.42. The number of esters is 1. The maximum absolute atomic E-state index is 12.6. The van der Waals surface area contributed by atoms with E-state index >= 15 is 0 Å². The summed E-state index contributed by atoms with van der Waals surface area (Å²) in [5.41, 5.74) is 1.42. The Labute approximate surface area is 173 Å². The van der Waals surface area contributed by atoms with Crippen LogP contribution in [0.3, 0.4) is 0 Å². The van der Waals surface area contributed by atoms with E-state index in [1.54, 1.807) is 32.9 Å². The van der Waals surface area contributed by atoms with E-state index in [-0.39, 0.29) is 12.0 Å². The number of carboxylic acids is 1. The lowest BCUT2D eigenvalue weighted by molar-refractivity contribution is -0.153. The summed E-state index contributed by atoms with van der Waals surface area (Å²) in [6, 6.07) is 17.4. The van der Waals surface area contributed by atoms with E-state index in [4.69, 9.17) is 14.3 Å². The Kier molecular flexibility index (Phi) is 5.87. The van der Waals surface area contributed by atoms with Crippen molar-refractivity contribution in [2.75, 3.05) is 0 Å². The van der Waals surface area contributed by atoms with Crippen LogP contribution in [-0.2, 0) is 16.0 Å². The van der Waals surface area contributed by atoms with Gasteiger partial charge in [0.1, 0.15) is 5.60 Å². The molecule has 3 rings (SSSR count). The maximum atomic E-state index is 12.6. The SMILES string of the molecule is CC(C)(C)OC(=O)Cc1cccc(-c2ccccc2)c1-c1ccc(C(=O)O)oc1=O. The fourth-order valence-corrected chi connectivity index (χ4v) is 3.17. The molecule has 3 aromatic rings. The molecule has 0 bridgehead atoms. The van der Waals surface area contributed by atoms with Gasteiger partial charge < -0.3 is 14.3 Å². The topological polar surface area (TPSA) is 93.8 Å². The highest BCUT2D eigenvalue weighted by atomic mass is 16.6. The Morgan fingerprint density at radius 3 is 2.23 bits per heavy atom. The lowest BCUT2D eigenvalue weighted by Crippen LogP contribution is -2.25. The normalized spacial score (nSPS) is 11.2. The monoisotopic (exact) mass is 406 g/mol. The molecule has 0 aliphatic rings. The minimum atomic E-state index is -1.33. The summed E-state index contributed by atoms with van der Waals surface area (Å²) >= 11 is 0. The highest BCUT2D eigenvalue weighted by molar-refractivity contribution is 5.89. The lowest BCUT2D eigenvalue weighted by atomic mass is 9.90. The number of carboxylic acid groups (broad SMARTS) is 1. The molecule has 6 heteroatoms. The second-order valence-corrected chi connectivity index (χ2v) is 7.77. The molecule has 2 aromatic carbocycles. The average Bonchev–Trinajstić information content (AvgIpc) is 2.67. The number of carbonyl (C=O) groups is 2. The van der Waals surface area contributed by atoms with Crippen LogP contribution in [0.2, 0.25) is 0 Å². The summed E-state index contributed by atoms with van der Waals surface area (Å²) < 4.78 is 10.4. The number of carbonyl (C=O) groups excluding carboxylic acids is 1.